The fraction of sp³-hybridized carbons (Fsp3) is 0.0857. The smallest absolute Gasteiger partial charge is 0.124 e. The number of nitrogens with one attached hydrogen (secondary N) is 1. The Labute approximate surface area is 233 Å². The van der Waals surface area contributed by atoms with Crippen molar-refractivity contribution < 1.29 is 0 Å². The monoisotopic (exact) mass is 523 g/mol. The molecule has 5 aromatic rings. The molecule has 0 bridgehead atoms. The molecule has 4 heteroatoms. The van der Waals surface area contributed by atoms with Crippen molar-refractivity contribution in [3.63, 3.8) is 0 Å². The Morgan fingerprint density at radius 3 is 2.49 bits per heavy atom. The standard InChI is InChI=1S/C35H29N3S/c1-24(23-38-20-9-8-11-25(38)2)30-16-6-7-17-31(30)34(36)29-15-10-14-27(21-29)28-18-19-33-32(22-28)37-35(39-33)26-12-4-3-5-13-26/h3-22,24,36H,2,23H2,1H3. The summed E-state index contributed by atoms with van der Waals surface area (Å²) in [5.41, 5.74) is 8.88. The molecule has 0 saturated heterocycles. The number of aromatic nitrogens is 1. The fourth-order valence-corrected chi connectivity index (χ4v) is 6.01. The summed E-state index contributed by atoms with van der Waals surface area (Å²) in [6.45, 7) is 7.19. The normalized spacial score (nSPS) is 13.7. The number of thiazole rings is 1. The lowest BCUT2D eigenvalue weighted by atomic mass is 9.89. The van der Waals surface area contributed by atoms with Crippen LogP contribution in [0.4, 0.5) is 0 Å². The molecule has 0 radical (unpaired) electrons. The Morgan fingerprint density at radius 1 is 0.872 bits per heavy atom. The quantitative estimate of drug-likeness (QED) is 0.216. The van der Waals surface area contributed by atoms with Gasteiger partial charge in [-0.15, -0.1) is 11.3 Å². The molecule has 1 aromatic heterocycles. The van der Waals surface area contributed by atoms with Crippen LogP contribution in [0.3, 0.4) is 0 Å². The van der Waals surface area contributed by atoms with E-state index in [1.165, 1.54) is 10.3 Å². The van der Waals surface area contributed by atoms with Gasteiger partial charge in [-0.2, -0.15) is 0 Å². The molecule has 1 unspecified atom stereocenters. The average molecular weight is 524 g/mol. The number of nitrogens with zero attached hydrogens (tertiary/aromatic N) is 2. The van der Waals surface area contributed by atoms with Crippen LogP contribution >= 0.6 is 11.3 Å². The molecule has 190 valence electrons. The molecular weight excluding hydrogens is 494 g/mol. The van der Waals surface area contributed by atoms with E-state index >= 15 is 0 Å². The Kier molecular flexibility index (Phi) is 6.78. The van der Waals surface area contributed by atoms with E-state index in [0.717, 1.165) is 50.6 Å². The van der Waals surface area contributed by atoms with Gasteiger partial charge in [0, 0.05) is 35.1 Å². The third kappa shape index (κ3) is 5.12. The molecular formula is C35H29N3S. The molecule has 39 heavy (non-hydrogen) atoms. The van der Waals surface area contributed by atoms with Crippen LogP contribution in [0.1, 0.15) is 29.5 Å². The minimum atomic E-state index is 0.225. The topological polar surface area (TPSA) is 40.0 Å². The maximum Gasteiger partial charge on any atom is 0.124 e. The lowest BCUT2D eigenvalue weighted by Crippen LogP contribution is -2.23. The van der Waals surface area contributed by atoms with Gasteiger partial charge in [-0.3, -0.25) is 5.41 Å². The van der Waals surface area contributed by atoms with Gasteiger partial charge < -0.3 is 4.90 Å². The number of rotatable bonds is 7. The first kappa shape index (κ1) is 24.8. The summed E-state index contributed by atoms with van der Waals surface area (Å²) < 4.78 is 1.17. The summed E-state index contributed by atoms with van der Waals surface area (Å²) in [4.78, 5) is 7.09. The molecule has 0 aliphatic carbocycles. The number of fused-ring (bicyclic) bond motifs is 1. The van der Waals surface area contributed by atoms with E-state index in [-0.39, 0.29) is 5.92 Å². The van der Waals surface area contributed by atoms with Crippen molar-refractivity contribution >= 4 is 27.3 Å². The fourth-order valence-electron chi connectivity index (χ4n) is 5.06. The molecule has 1 aliphatic rings. The van der Waals surface area contributed by atoms with Gasteiger partial charge in [0.05, 0.1) is 15.9 Å². The number of benzene rings is 4. The minimum Gasteiger partial charge on any atom is -0.348 e. The van der Waals surface area contributed by atoms with Gasteiger partial charge in [0.15, 0.2) is 0 Å². The van der Waals surface area contributed by atoms with Crippen molar-refractivity contribution in [1.29, 1.82) is 5.41 Å². The van der Waals surface area contributed by atoms with Crippen molar-refractivity contribution in [3.05, 3.63) is 150 Å². The number of hydrogen-bond donors (Lipinski definition) is 1. The molecule has 1 atom stereocenters. The molecule has 6 rings (SSSR count). The molecule has 4 aromatic carbocycles. The minimum absolute atomic E-state index is 0.225. The zero-order valence-corrected chi connectivity index (χ0v) is 22.7. The molecule has 2 heterocycles. The van der Waals surface area contributed by atoms with Crippen LogP contribution in [0, 0.1) is 5.41 Å². The second-order valence-electron chi connectivity index (χ2n) is 9.86. The summed E-state index contributed by atoms with van der Waals surface area (Å²) in [6.07, 6.45) is 8.14. The van der Waals surface area contributed by atoms with Crippen LogP contribution in [0.5, 0.6) is 0 Å². The van der Waals surface area contributed by atoms with E-state index in [9.17, 15) is 5.41 Å². The largest absolute Gasteiger partial charge is 0.348 e. The first-order chi connectivity index (χ1) is 19.1. The van der Waals surface area contributed by atoms with Gasteiger partial charge in [-0.1, -0.05) is 98.4 Å². The molecule has 0 saturated carbocycles. The molecule has 0 spiro atoms. The van der Waals surface area contributed by atoms with Crippen molar-refractivity contribution in [2.24, 2.45) is 0 Å². The third-order valence-corrected chi connectivity index (χ3v) is 8.24. The lowest BCUT2D eigenvalue weighted by Gasteiger charge is -2.27. The predicted octanol–water partition coefficient (Wildman–Crippen LogP) is 9.05. The Balaban J connectivity index is 1.28. The second kappa shape index (κ2) is 10.7. The first-order valence-electron chi connectivity index (χ1n) is 13.1. The van der Waals surface area contributed by atoms with Crippen molar-refractivity contribution in [1.82, 2.24) is 9.88 Å². The maximum atomic E-state index is 9.19. The van der Waals surface area contributed by atoms with E-state index in [4.69, 9.17) is 4.98 Å². The van der Waals surface area contributed by atoms with E-state index < -0.39 is 0 Å². The number of allylic oxidation sites excluding steroid dienone is 3. The van der Waals surface area contributed by atoms with Crippen molar-refractivity contribution in [3.8, 4) is 21.7 Å². The van der Waals surface area contributed by atoms with Crippen molar-refractivity contribution in [2.75, 3.05) is 6.54 Å². The summed E-state index contributed by atoms with van der Waals surface area (Å²) in [5, 5.41) is 10.2. The Hall–Kier alpha value is -4.54. The molecule has 1 N–H and O–H groups in total. The van der Waals surface area contributed by atoms with Gasteiger partial charge in [-0.05, 0) is 53.0 Å². The average Bonchev–Trinajstić information content (AvgIpc) is 3.42. The van der Waals surface area contributed by atoms with Gasteiger partial charge >= 0.3 is 0 Å². The first-order valence-corrected chi connectivity index (χ1v) is 13.9. The SMILES string of the molecule is C=C1C=CC=CN1CC(C)c1ccccc1C(=N)c1cccc(-c2ccc3sc(-c4ccccc4)nc3c2)c1. The van der Waals surface area contributed by atoms with Gasteiger partial charge in [0.2, 0.25) is 0 Å². The third-order valence-electron chi connectivity index (χ3n) is 7.16. The van der Waals surface area contributed by atoms with E-state index in [1.807, 2.05) is 54.6 Å². The highest BCUT2D eigenvalue weighted by Gasteiger charge is 2.18. The molecule has 3 nitrogen and oxygen atoms in total. The van der Waals surface area contributed by atoms with E-state index in [2.05, 4.69) is 85.3 Å². The Bertz CT molecular complexity index is 1740. The van der Waals surface area contributed by atoms with Crippen LogP contribution in [0.15, 0.2) is 134 Å². The summed E-state index contributed by atoms with van der Waals surface area (Å²) in [7, 11) is 0. The predicted molar refractivity (Wildman–Crippen MR) is 165 cm³/mol. The highest BCUT2D eigenvalue weighted by Crippen LogP contribution is 2.33. The Morgan fingerprint density at radius 2 is 1.64 bits per heavy atom. The second-order valence-corrected chi connectivity index (χ2v) is 10.9. The van der Waals surface area contributed by atoms with Crippen LogP contribution in [-0.4, -0.2) is 22.1 Å². The molecule has 1 aliphatic heterocycles. The summed E-state index contributed by atoms with van der Waals surface area (Å²) in [6, 6.07) is 33.4. The highest BCUT2D eigenvalue weighted by atomic mass is 32.1. The van der Waals surface area contributed by atoms with Crippen LogP contribution in [0.2, 0.25) is 0 Å². The summed E-state index contributed by atoms with van der Waals surface area (Å²) >= 11 is 1.71. The van der Waals surface area contributed by atoms with Crippen LogP contribution in [0.25, 0.3) is 31.9 Å². The highest BCUT2D eigenvalue weighted by molar-refractivity contribution is 7.21. The lowest BCUT2D eigenvalue weighted by molar-refractivity contribution is 0.441. The van der Waals surface area contributed by atoms with Crippen LogP contribution in [-0.2, 0) is 0 Å². The summed E-state index contributed by atoms with van der Waals surface area (Å²) in [5.74, 6) is 0.225. The number of hydrogen-bond acceptors (Lipinski definition) is 4. The van der Waals surface area contributed by atoms with E-state index in [1.54, 1.807) is 11.3 Å². The maximum absolute atomic E-state index is 9.19. The van der Waals surface area contributed by atoms with E-state index in [0.29, 0.717) is 5.71 Å². The van der Waals surface area contributed by atoms with Crippen molar-refractivity contribution in [2.45, 2.75) is 12.8 Å². The van der Waals surface area contributed by atoms with Crippen LogP contribution < -0.4 is 0 Å². The molecule has 0 amide bonds. The van der Waals surface area contributed by atoms with Gasteiger partial charge in [-0.25, -0.2) is 4.98 Å². The zero-order chi connectivity index (χ0) is 26.8. The zero-order valence-electron chi connectivity index (χ0n) is 21.8. The van der Waals surface area contributed by atoms with Gasteiger partial charge in [0.1, 0.15) is 5.01 Å². The van der Waals surface area contributed by atoms with Gasteiger partial charge in [0.25, 0.3) is 0 Å². The molecule has 0 fully saturated rings.